The Morgan fingerprint density at radius 1 is 1.40 bits per heavy atom. The third kappa shape index (κ3) is 2.96. The van der Waals surface area contributed by atoms with Gasteiger partial charge in [0.05, 0.1) is 11.8 Å². The number of para-hydroxylation sites is 1. The number of halogens is 1. The molecule has 1 saturated heterocycles. The SMILES string of the molecule is CCN(CC)C1CCN(c2c(F)cccc2C(C)O)C1. The Hall–Kier alpha value is -1.13. The number of benzene rings is 1. The van der Waals surface area contributed by atoms with Crippen molar-refractivity contribution >= 4 is 5.69 Å². The summed E-state index contributed by atoms with van der Waals surface area (Å²) in [6, 6.07) is 5.44. The molecule has 2 rings (SSSR count). The molecule has 3 nitrogen and oxygen atoms in total. The van der Waals surface area contributed by atoms with Crippen LogP contribution in [0.3, 0.4) is 0 Å². The van der Waals surface area contributed by atoms with Crippen LogP contribution in [0.15, 0.2) is 18.2 Å². The van der Waals surface area contributed by atoms with Crippen LogP contribution in [0.25, 0.3) is 0 Å². The topological polar surface area (TPSA) is 26.7 Å². The Morgan fingerprint density at radius 2 is 2.10 bits per heavy atom. The summed E-state index contributed by atoms with van der Waals surface area (Å²) in [6.45, 7) is 9.75. The van der Waals surface area contributed by atoms with Crippen molar-refractivity contribution in [3.8, 4) is 0 Å². The molecule has 4 heteroatoms. The van der Waals surface area contributed by atoms with E-state index in [0.717, 1.165) is 32.6 Å². The summed E-state index contributed by atoms with van der Waals surface area (Å²) in [5, 5.41) is 9.85. The highest BCUT2D eigenvalue weighted by Gasteiger charge is 2.29. The molecule has 112 valence electrons. The van der Waals surface area contributed by atoms with Gasteiger partial charge in [-0.1, -0.05) is 26.0 Å². The Labute approximate surface area is 121 Å². The lowest BCUT2D eigenvalue weighted by molar-refractivity contribution is 0.199. The lowest BCUT2D eigenvalue weighted by atomic mass is 10.1. The number of nitrogens with zero attached hydrogens (tertiary/aromatic N) is 2. The molecule has 1 aromatic rings. The van der Waals surface area contributed by atoms with E-state index in [0.29, 0.717) is 17.3 Å². The quantitative estimate of drug-likeness (QED) is 0.898. The molecule has 0 bridgehead atoms. The third-order valence-electron chi connectivity index (χ3n) is 4.28. The number of anilines is 1. The smallest absolute Gasteiger partial charge is 0.146 e. The van der Waals surface area contributed by atoms with E-state index in [1.165, 1.54) is 6.07 Å². The van der Waals surface area contributed by atoms with E-state index in [1.54, 1.807) is 13.0 Å². The van der Waals surface area contributed by atoms with Crippen molar-refractivity contribution in [3.63, 3.8) is 0 Å². The van der Waals surface area contributed by atoms with Crippen LogP contribution >= 0.6 is 0 Å². The van der Waals surface area contributed by atoms with Crippen molar-refractivity contribution in [1.29, 1.82) is 0 Å². The van der Waals surface area contributed by atoms with E-state index in [-0.39, 0.29) is 5.82 Å². The fourth-order valence-corrected chi connectivity index (χ4v) is 3.19. The van der Waals surface area contributed by atoms with Crippen LogP contribution in [0.5, 0.6) is 0 Å². The van der Waals surface area contributed by atoms with Gasteiger partial charge in [0, 0.05) is 24.7 Å². The largest absolute Gasteiger partial charge is 0.389 e. The van der Waals surface area contributed by atoms with Gasteiger partial charge in [-0.3, -0.25) is 4.90 Å². The fraction of sp³-hybridized carbons (Fsp3) is 0.625. The molecule has 2 atom stereocenters. The lowest BCUT2D eigenvalue weighted by Crippen LogP contribution is -2.37. The van der Waals surface area contributed by atoms with E-state index < -0.39 is 6.10 Å². The lowest BCUT2D eigenvalue weighted by Gasteiger charge is -2.28. The molecule has 1 aliphatic rings. The minimum absolute atomic E-state index is 0.233. The first-order valence-electron chi connectivity index (χ1n) is 7.53. The standard InChI is InChI=1S/C16H25FN2O/c1-4-18(5-2)13-9-10-19(11-13)16-14(12(3)20)7-6-8-15(16)17/h6-8,12-13,20H,4-5,9-11H2,1-3H3. The van der Waals surface area contributed by atoms with E-state index in [2.05, 4.69) is 23.6 Å². The molecule has 20 heavy (non-hydrogen) atoms. The minimum Gasteiger partial charge on any atom is -0.389 e. The fourth-order valence-electron chi connectivity index (χ4n) is 3.19. The van der Waals surface area contributed by atoms with Crippen LogP contribution in [0.1, 0.15) is 38.9 Å². The molecule has 0 radical (unpaired) electrons. The van der Waals surface area contributed by atoms with Crippen molar-refractivity contribution in [2.75, 3.05) is 31.1 Å². The van der Waals surface area contributed by atoms with Gasteiger partial charge in [0.15, 0.2) is 0 Å². The van der Waals surface area contributed by atoms with Gasteiger partial charge < -0.3 is 10.0 Å². The number of likely N-dealkylation sites (N-methyl/N-ethyl adjacent to an activating group) is 1. The van der Waals surface area contributed by atoms with Crippen LogP contribution in [0, 0.1) is 5.82 Å². The van der Waals surface area contributed by atoms with Crippen LogP contribution < -0.4 is 4.90 Å². The highest BCUT2D eigenvalue weighted by molar-refractivity contribution is 5.56. The van der Waals surface area contributed by atoms with Crippen LogP contribution in [0.4, 0.5) is 10.1 Å². The molecule has 0 aliphatic carbocycles. The van der Waals surface area contributed by atoms with Gasteiger partial charge in [-0.2, -0.15) is 0 Å². The average Bonchev–Trinajstić information content (AvgIpc) is 2.89. The molecule has 0 amide bonds. The summed E-state index contributed by atoms with van der Waals surface area (Å²) in [4.78, 5) is 4.50. The number of aliphatic hydroxyl groups is 1. The predicted molar refractivity (Wildman–Crippen MR) is 80.6 cm³/mol. The molecule has 1 N–H and O–H groups in total. The molecule has 2 unspecified atom stereocenters. The van der Waals surface area contributed by atoms with Crippen LogP contribution in [0.2, 0.25) is 0 Å². The molecule has 1 aromatic carbocycles. The summed E-state index contributed by atoms with van der Waals surface area (Å²) in [5.74, 6) is -0.233. The maximum atomic E-state index is 14.2. The van der Waals surface area contributed by atoms with Crippen molar-refractivity contribution in [1.82, 2.24) is 4.90 Å². The molecule has 1 heterocycles. The Morgan fingerprint density at radius 3 is 2.70 bits per heavy atom. The van der Waals surface area contributed by atoms with Gasteiger partial charge in [-0.15, -0.1) is 0 Å². The maximum absolute atomic E-state index is 14.2. The van der Waals surface area contributed by atoms with Gasteiger partial charge in [0.1, 0.15) is 5.82 Å². The summed E-state index contributed by atoms with van der Waals surface area (Å²) in [7, 11) is 0. The van der Waals surface area contributed by atoms with Gasteiger partial charge in [0.2, 0.25) is 0 Å². The van der Waals surface area contributed by atoms with Crippen LogP contribution in [-0.4, -0.2) is 42.2 Å². The molecule has 0 aromatic heterocycles. The molecule has 1 fully saturated rings. The highest BCUT2D eigenvalue weighted by atomic mass is 19.1. The third-order valence-corrected chi connectivity index (χ3v) is 4.28. The second-order valence-electron chi connectivity index (χ2n) is 5.46. The zero-order chi connectivity index (χ0) is 14.7. The van der Waals surface area contributed by atoms with E-state index >= 15 is 0 Å². The van der Waals surface area contributed by atoms with Crippen molar-refractivity contribution in [2.45, 2.75) is 39.3 Å². The second-order valence-corrected chi connectivity index (χ2v) is 5.46. The predicted octanol–water partition coefficient (Wildman–Crippen LogP) is 2.80. The van der Waals surface area contributed by atoms with E-state index in [4.69, 9.17) is 0 Å². The summed E-state index contributed by atoms with van der Waals surface area (Å²) < 4.78 is 14.2. The van der Waals surface area contributed by atoms with E-state index in [9.17, 15) is 9.50 Å². The summed E-state index contributed by atoms with van der Waals surface area (Å²) >= 11 is 0. The number of hydrogen-bond acceptors (Lipinski definition) is 3. The zero-order valence-corrected chi connectivity index (χ0v) is 12.6. The van der Waals surface area contributed by atoms with Crippen molar-refractivity contribution < 1.29 is 9.50 Å². The summed E-state index contributed by atoms with van der Waals surface area (Å²) in [5.41, 5.74) is 1.27. The monoisotopic (exact) mass is 280 g/mol. The number of rotatable bonds is 5. The van der Waals surface area contributed by atoms with Gasteiger partial charge >= 0.3 is 0 Å². The molecular weight excluding hydrogens is 255 g/mol. The van der Waals surface area contributed by atoms with Gasteiger partial charge in [0.25, 0.3) is 0 Å². The number of hydrogen-bond donors (Lipinski definition) is 1. The van der Waals surface area contributed by atoms with Crippen LogP contribution in [-0.2, 0) is 0 Å². The molecular formula is C16H25FN2O. The van der Waals surface area contributed by atoms with Gasteiger partial charge in [-0.05, 0) is 32.5 Å². The first-order chi connectivity index (χ1) is 9.58. The molecule has 1 aliphatic heterocycles. The number of aliphatic hydroxyl groups excluding tert-OH is 1. The van der Waals surface area contributed by atoms with E-state index in [1.807, 2.05) is 6.07 Å². The second kappa shape index (κ2) is 6.55. The maximum Gasteiger partial charge on any atom is 0.146 e. The highest BCUT2D eigenvalue weighted by Crippen LogP contribution is 2.32. The first-order valence-corrected chi connectivity index (χ1v) is 7.53. The van der Waals surface area contributed by atoms with Gasteiger partial charge in [-0.25, -0.2) is 4.39 Å². The molecule has 0 saturated carbocycles. The Bertz CT molecular complexity index is 446. The normalized spacial score (nSPS) is 20.7. The first kappa shape index (κ1) is 15.3. The van der Waals surface area contributed by atoms with Crippen molar-refractivity contribution in [2.24, 2.45) is 0 Å². The Kier molecular flexibility index (Phi) is 5.00. The Balaban J connectivity index is 2.22. The minimum atomic E-state index is -0.645. The average molecular weight is 280 g/mol. The summed E-state index contributed by atoms with van der Waals surface area (Å²) in [6.07, 6.45) is 0.406. The van der Waals surface area contributed by atoms with Crippen molar-refractivity contribution in [3.05, 3.63) is 29.6 Å². The zero-order valence-electron chi connectivity index (χ0n) is 12.6. The molecule has 0 spiro atoms.